The largest absolute Gasteiger partial charge is 1.00 e. The van der Waals surface area contributed by atoms with Crippen molar-refractivity contribution in [3.63, 3.8) is 0 Å². The van der Waals surface area contributed by atoms with Gasteiger partial charge in [-0.1, -0.05) is 32.6 Å². The first-order valence-electron chi connectivity index (χ1n) is 5.37. The number of hydrogen-bond acceptors (Lipinski definition) is 0. The molecule has 0 atom stereocenters. The van der Waals surface area contributed by atoms with Gasteiger partial charge in [-0.25, -0.2) is 0 Å². The first-order chi connectivity index (χ1) is 6.41. The second-order valence-corrected chi connectivity index (χ2v) is 3.27. The van der Waals surface area contributed by atoms with Gasteiger partial charge in [-0.2, -0.15) is 6.42 Å². The fraction of sp³-hybridized carbons (Fsp3) is 0.692. The SMILES string of the molecule is C=[C-]CCCC#CCCCCCC.[Li+]. The maximum atomic E-state index is 3.56. The van der Waals surface area contributed by atoms with Gasteiger partial charge in [-0.3, -0.25) is 6.58 Å². The summed E-state index contributed by atoms with van der Waals surface area (Å²) < 4.78 is 0. The Morgan fingerprint density at radius 1 is 1.00 bits per heavy atom. The molecule has 0 spiro atoms. The molecule has 0 saturated carbocycles. The van der Waals surface area contributed by atoms with Crippen molar-refractivity contribution in [2.24, 2.45) is 0 Å². The molecule has 0 radical (unpaired) electrons. The van der Waals surface area contributed by atoms with Crippen LogP contribution in [0.25, 0.3) is 0 Å². The van der Waals surface area contributed by atoms with Crippen LogP contribution in [0.3, 0.4) is 0 Å². The first-order valence-corrected chi connectivity index (χ1v) is 5.37. The average molecular weight is 184 g/mol. The Morgan fingerprint density at radius 3 is 2.21 bits per heavy atom. The molecule has 0 N–H and O–H groups in total. The molecule has 0 aromatic heterocycles. The fourth-order valence-corrected chi connectivity index (χ4v) is 1.12. The molecule has 74 valence electrons. The van der Waals surface area contributed by atoms with Gasteiger partial charge in [0, 0.05) is 12.8 Å². The molecule has 0 bridgehead atoms. The van der Waals surface area contributed by atoms with Gasteiger partial charge in [0.15, 0.2) is 0 Å². The first kappa shape index (κ1) is 16.3. The molecule has 1 heteroatoms. The summed E-state index contributed by atoms with van der Waals surface area (Å²) in [6.07, 6.45) is 12.3. The van der Waals surface area contributed by atoms with Gasteiger partial charge in [-0.15, -0.1) is 11.8 Å². The van der Waals surface area contributed by atoms with Crippen LogP contribution < -0.4 is 18.9 Å². The molecule has 0 saturated heterocycles. The molecule has 0 amide bonds. The van der Waals surface area contributed by atoms with E-state index in [9.17, 15) is 0 Å². The van der Waals surface area contributed by atoms with Crippen molar-refractivity contribution >= 4 is 0 Å². The summed E-state index contributed by atoms with van der Waals surface area (Å²) in [6.45, 7) is 5.79. The Hall–Kier alpha value is -0.103. The molecule has 0 aliphatic carbocycles. The molecule has 0 rings (SSSR count). The molecule has 0 fully saturated rings. The maximum absolute atomic E-state index is 3.56. The van der Waals surface area contributed by atoms with E-state index in [0.29, 0.717) is 0 Å². The van der Waals surface area contributed by atoms with Gasteiger partial charge in [0.05, 0.1) is 0 Å². The minimum absolute atomic E-state index is 0. The topological polar surface area (TPSA) is 0 Å². The second kappa shape index (κ2) is 15.4. The van der Waals surface area contributed by atoms with Gasteiger partial charge >= 0.3 is 18.9 Å². The summed E-state index contributed by atoms with van der Waals surface area (Å²) in [4.78, 5) is 0. The van der Waals surface area contributed by atoms with E-state index in [1.165, 1.54) is 25.7 Å². The third kappa shape index (κ3) is 14.4. The monoisotopic (exact) mass is 184 g/mol. The van der Waals surface area contributed by atoms with Crippen molar-refractivity contribution in [2.75, 3.05) is 0 Å². The van der Waals surface area contributed by atoms with E-state index in [2.05, 4.69) is 31.4 Å². The van der Waals surface area contributed by atoms with Crippen molar-refractivity contribution in [3.8, 4) is 11.8 Å². The Bertz CT molecular complexity index is 162. The normalized spacial score (nSPS) is 8.36. The summed E-state index contributed by atoms with van der Waals surface area (Å²) in [7, 11) is 0. The van der Waals surface area contributed by atoms with E-state index in [4.69, 9.17) is 0 Å². The maximum Gasteiger partial charge on any atom is 1.00 e. The van der Waals surface area contributed by atoms with E-state index in [-0.39, 0.29) is 18.9 Å². The molecular formula is C13H21Li. The zero-order valence-electron chi connectivity index (χ0n) is 9.86. The summed E-state index contributed by atoms with van der Waals surface area (Å²) >= 11 is 0. The summed E-state index contributed by atoms with van der Waals surface area (Å²) in [5.74, 6) is 6.38. The minimum Gasteiger partial charge on any atom is -0.504 e. The standard InChI is InChI=1S/C13H21.Li/c1-3-5-7-9-11-13-12-10-8-6-4-2;/h1,4-10,12H2,2H3;/q-1;+1. The zero-order chi connectivity index (χ0) is 9.78. The minimum atomic E-state index is 0. The smallest absolute Gasteiger partial charge is 0.504 e. The van der Waals surface area contributed by atoms with Crippen LogP contribution in [0, 0.1) is 17.9 Å². The van der Waals surface area contributed by atoms with Crippen molar-refractivity contribution in [1.82, 2.24) is 0 Å². The van der Waals surface area contributed by atoms with Crippen LogP contribution in [-0.4, -0.2) is 0 Å². The summed E-state index contributed by atoms with van der Waals surface area (Å²) in [5, 5.41) is 0. The van der Waals surface area contributed by atoms with Gasteiger partial charge in [0.1, 0.15) is 0 Å². The number of rotatable bonds is 7. The van der Waals surface area contributed by atoms with Crippen molar-refractivity contribution in [1.29, 1.82) is 0 Å². The Morgan fingerprint density at radius 2 is 1.64 bits per heavy atom. The molecule has 0 unspecified atom stereocenters. The van der Waals surface area contributed by atoms with Crippen molar-refractivity contribution in [3.05, 3.63) is 12.7 Å². The number of unbranched alkanes of at least 4 members (excludes halogenated alkanes) is 6. The van der Waals surface area contributed by atoms with Crippen LogP contribution >= 0.6 is 0 Å². The number of allylic oxidation sites excluding steroid dienone is 1. The van der Waals surface area contributed by atoms with E-state index >= 15 is 0 Å². The van der Waals surface area contributed by atoms with E-state index in [0.717, 1.165) is 25.7 Å². The molecular weight excluding hydrogens is 163 g/mol. The van der Waals surface area contributed by atoms with Crippen LogP contribution in [-0.2, 0) is 0 Å². The summed E-state index contributed by atoms with van der Waals surface area (Å²) in [6, 6.07) is 0. The molecule has 0 aromatic carbocycles. The van der Waals surface area contributed by atoms with Crippen LogP contribution in [0.1, 0.15) is 58.3 Å². The Labute approximate surface area is 102 Å². The molecule has 0 nitrogen and oxygen atoms in total. The van der Waals surface area contributed by atoms with E-state index in [1.54, 1.807) is 0 Å². The van der Waals surface area contributed by atoms with Crippen molar-refractivity contribution in [2.45, 2.75) is 58.3 Å². The Kier molecular flexibility index (Phi) is 17.9. The molecule has 14 heavy (non-hydrogen) atoms. The third-order valence-electron chi connectivity index (χ3n) is 1.94. The van der Waals surface area contributed by atoms with Crippen LogP contribution in [0.2, 0.25) is 0 Å². The molecule has 0 aliphatic heterocycles. The van der Waals surface area contributed by atoms with Gasteiger partial charge in [-0.05, 0) is 6.42 Å². The van der Waals surface area contributed by atoms with Gasteiger partial charge < -0.3 is 6.08 Å². The van der Waals surface area contributed by atoms with E-state index < -0.39 is 0 Å². The third-order valence-corrected chi connectivity index (χ3v) is 1.94. The van der Waals surface area contributed by atoms with Crippen LogP contribution in [0.15, 0.2) is 6.58 Å². The van der Waals surface area contributed by atoms with Gasteiger partial charge in [0.25, 0.3) is 0 Å². The predicted octanol–water partition coefficient (Wildman–Crippen LogP) is 1.12. The molecule has 0 heterocycles. The average Bonchev–Trinajstić information content (AvgIpc) is 2.16. The van der Waals surface area contributed by atoms with Crippen molar-refractivity contribution < 1.29 is 18.9 Å². The Balaban J connectivity index is 0. The van der Waals surface area contributed by atoms with Gasteiger partial charge in [0.2, 0.25) is 0 Å². The summed E-state index contributed by atoms with van der Waals surface area (Å²) in [5.41, 5.74) is 0. The number of hydrogen-bond donors (Lipinski definition) is 0. The van der Waals surface area contributed by atoms with Crippen LogP contribution in [0.5, 0.6) is 0 Å². The quantitative estimate of drug-likeness (QED) is 0.241. The van der Waals surface area contributed by atoms with E-state index in [1.807, 2.05) is 0 Å². The second-order valence-electron chi connectivity index (χ2n) is 3.27. The zero-order valence-corrected chi connectivity index (χ0v) is 9.86. The molecule has 0 aromatic rings. The van der Waals surface area contributed by atoms with Crippen LogP contribution in [0.4, 0.5) is 0 Å². The molecule has 0 aliphatic rings. The fourth-order valence-electron chi connectivity index (χ4n) is 1.12. The predicted molar refractivity (Wildman–Crippen MR) is 59.3 cm³/mol.